The standard InChI is InChI=1S/C26H33NO3S/c1-16-15-31-24-19(16)10-8-11-20(24)25(30)27-23-17(9-6-4-5-7-12-22(28)29)13-18-14-21(23)26(18,2)3/h4,6,8,10-11,15,17-18,21,23H,5,7,9,12-14H2,1-3H3,(H,27,30)(H,28,29)/t17-,18+,21+,23?/m1/s1. The van der Waals surface area contributed by atoms with Crippen LogP contribution >= 0.6 is 11.3 Å². The average Bonchev–Trinajstić information content (AvgIpc) is 3.11. The third-order valence-electron chi connectivity index (χ3n) is 7.78. The minimum absolute atomic E-state index is 0.0500. The van der Waals surface area contributed by atoms with Crippen molar-refractivity contribution in [2.24, 2.45) is 23.2 Å². The van der Waals surface area contributed by atoms with Gasteiger partial charge in [0.25, 0.3) is 5.91 Å². The Kier molecular flexibility index (Phi) is 6.25. The van der Waals surface area contributed by atoms with Crippen LogP contribution in [0.4, 0.5) is 0 Å². The van der Waals surface area contributed by atoms with Gasteiger partial charge in [-0.1, -0.05) is 38.1 Å². The van der Waals surface area contributed by atoms with E-state index in [1.807, 2.05) is 12.1 Å². The average molecular weight is 440 g/mol. The normalized spacial score (nSPS) is 26.7. The molecular weight excluding hydrogens is 406 g/mol. The topological polar surface area (TPSA) is 66.4 Å². The van der Waals surface area contributed by atoms with Crippen LogP contribution in [0.15, 0.2) is 35.7 Å². The number of unbranched alkanes of at least 4 members (excludes halogenated alkanes) is 1. The number of thiophene rings is 1. The second kappa shape index (κ2) is 8.78. The second-order valence-electron chi connectivity index (χ2n) is 9.95. The summed E-state index contributed by atoms with van der Waals surface area (Å²) < 4.78 is 1.08. The van der Waals surface area contributed by atoms with Gasteiger partial charge in [-0.2, -0.15) is 0 Å². The third-order valence-corrected chi connectivity index (χ3v) is 8.92. The molecule has 2 N–H and O–H groups in total. The number of carboxylic acids is 1. The van der Waals surface area contributed by atoms with Gasteiger partial charge in [0.2, 0.25) is 0 Å². The molecule has 4 nitrogen and oxygen atoms in total. The largest absolute Gasteiger partial charge is 0.481 e. The first-order valence-corrected chi connectivity index (χ1v) is 12.3. The Hall–Kier alpha value is -2.14. The number of rotatable bonds is 8. The van der Waals surface area contributed by atoms with Crippen LogP contribution < -0.4 is 5.32 Å². The number of carbonyl (C=O) groups excluding carboxylic acids is 1. The summed E-state index contributed by atoms with van der Waals surface area (Å²) >= 11 is 1.65. The molecule has 1 aromatic carbocycles. The Labute approximate surface area is 188 Å². The van der Waals surface area contributed by atoms with E-state index in [1.165, 1.54) is 17.4 Å². The van der Waals surface area contributed by atoms with Crippen molar-refractivity contribution >= 4 is 33.3 Å². The van der Waals surface area contributed by atoms with E-state index in [1.54, 1.807) is 11.3 Å². The van der Waals surface area contributed by atoms with Crippen molar-refractivity contribution in [2.75, 3.05) is 0 Å². The zero-order chi connectivity index (χ0) is 22.2. The van der Waals surface area contributed by atoms with Crippen LogP contribution in [0.3, 0.4) is 0 Å². The maximum atomic E-state index is 13.4. The summed E-state index contributed by atoms with van der Waals surface area (Å²) in [5.74, 6) is 1.01. The molecule has 5 rings (SSSR count). The van der Waals surface area contributed by atoms with Gasteiger partial charge in [0.05, 0.1) is 5.56 Å². The summed E-state index contributed by atoms with van der Waals surface area (Å²) in [7, 11) is 0. The Morgan fingerprint density at radius 3 is 2.81 bits per heavy atom. The first-order valence-electron chi connectivity index (χ1n) is 11.4. The van der Waals surface area contributed by atoms with Crippen molar-refractivity contribution in [1.82, 2.24) is 5.32 Å². The van der Waals surface area contributed by atoms with Gasteiger partial charge in [0.1, 0.15) is 0 Å². The van der Waals surface area contributed by atoms with Crippen molar-refractivity contribution in [2.45, 2.75) is 65.3 Å². The van der Waals surface area contributed by atoms with Gasteiger partial charge in [0, 0.05) is 17.2 Å². The van der Waals surface area contributed by atoms with Gasteiger partial charge in [-0.15, -0.1) is 11.3 Å². The Bertz CT molecular complexity index is 1010. The summed E-state index contributed by atoms with van der Waals surface area (Å²) in [5.41, 5.74) is 2.30. The zero-order valence-electron chi connectivity index (χ0n) is 18.7. The number of aryl methyl sites for hydroxylation is 1. The molecule has 1 amide bonds. The number of carboxylic acid groups (broad SMARTS) is 1. The smallest absolute Gasteiger partial charge is 0.303 e. The fraction of sp³-hybridized carbons (Fsp3) is 0.538. The summed E-state index contributed by atoms with van der Waals surface area (Å²) in [6.07, 6.45) is 9.32. The van der Waals surface area contributed by atoms with Crippen molar-refractivity contribution in [3.63, 3.8) is 0 Å². The summed E-state index contributed by atoms with van der Waals surface area (Å²) in [6, 6.07) is 6.21. The van der Waals surface area contributed by atoms with Gasteiger partial charge < -0.3 is 10.4 Å². The Morgan fingerprint density at radius 1 is 1.26 bits per heavy atom. The van der Waals surface area contributed by atoms with Gasteiger partial charge in [-0.3, -0.25) is 9.59 Å². The highest BCUT2D eigenvalue weighted by Gasteiger charge is 2.57. The molecule has 5 heteroatoms. The minimum Gasteiger partial charge on any atom is -0.481 e. The highest BCUT2D eigenvalue weighted by Crippen LogP contribution is 2.61. The molecule has 1 unspecified atom stereocenters. The number of fused-ring (bicyclic) bond motifs is 3. The first-order chi connectivity index (χ1) is 14.8. The van der Waals surface area contributed by atoms with Crippen molar-refractivity contribution in [3.05, 3.63) is 46.9 Å². The van der Waals surface area contributed by atoms with Crippen LogP contribution in [0, 0.1) is 30.1 Å². The Balaban J connectivity index is 1.47. The van der Waals surface area contributed by atoms with Gasteiger partial charge >= 0.3 is 5.97 Å². The van der Waals surface area contributed by atoms with Gasteiger partial charge in [0.15, 0.2) is 0 Å². The molecule has 4 atom stereocenters. The molecule has 2 aromatic rings. The fourth-order valence-corrected chi connectivity index (χ4v) is 6.79. The van der Waals surface area contributed by atoms with E-state index in [4.69, 9.17) is 5.11 Å². The lowest BCUT2D eigenvalue weighted by atomic mass is 9.44. The number of aliphatic carboxylic acids is 1. The number of allylic oxidation sites excluding steroid dienone is 2. The van der Waals surface area contributed by atoms with Gasteiger partial charge in [-0.25, -0.2) is 0 Å². The maximum absolute atomic E-state index is 13.4. The molecular formula is C26H33NO3S. The lowest BCUT2D eigenvalue weighted by Gasteiger charge is -2.62. The van der Waals surface area contributed by atoms with Gasteiger partial charge in [-0.05, 0) is 84.6 Å². The summed E-state index contributed by atoms with van der Waals surface area (Å²) in [4.78, 5) is 24.0. The van der Waals surface area contributed by atoms with Crippen LogP contribution in [0.2, 0.25) is 0 Å². The van der Waals surface area contributed by atoms with E-state index in [2.05, 4.69) is 49.7 Å². The molecule has 3 fully saturated rings. The van der Waals surface area contributed by atoms with E-state index in [-0.39, 0.29) is 23.8 Å². The van der Waals surface area contributed by atoms with E-state index in [9.17, 15) is 9.59 Å². The number of amides is 1. The quantitative estimate of drug-likeness (QED) is 0.381. The number of benzene rings is 1. The van der Waals surface area contributed by atoms with E-state index in [0.717, 1.165) is 35.4 Å². The van der Waals surface area contributed by atoms with E-state index >= 15 is 0 Å². The SMILES string of the molecule is Cc1csc2c(C(=O)NC3[C@H](CC=CCCCC(=O)O)C[C@H]4C[C@@H]3C4(C)C)cccc12. The molecule has 3 saturated carbocycles. The zero-order valence-corrected chi connectivity index (χ0v) is 19.5. The second-order valence-corrected chi connectivity index (χ2v) is 10.8. The van der Waals surface area contributed by atoms with Crippen LogP contribution in [-0.4, -0.2) is 23.0 Å². The molecule has 3 aliphatic carbocycles. The number of carbonyl (C=O) groups is 2. The lowest BCUT2D eigenvalue weighted by molar-refractivity contribution is -0.137. The first kappa shape index (κ1) is 22.1. The number of nitrogens with one attached hydrogen (secondary N) is 1. The third kappa shape index (κ3) is 4.30. The molecule has 3 aliphatic rings. The molecule has 0 saturated heterocycles. The molecule has 1 aromatic heterocycles. The number of hydrogen-bond donors (Lipinski definition) is 2. The molecule has 0 radical (unpaired) electrons. The van der Waals surface area contributed by atoms with E-state index < -0.39 is 5.97 Å². The highest BCUT2D eigenvalue weighted by atomic mass is 32.1. The maximum Gasteiger partial charge on any atom is 0.303 e. The van der Waals surface area contributed by atoms with Crippen molar-refractivity contribution in [3.8, 4) is 0 Å². The van der Waals surface area contributed by atoms with Crippen molar-refractivity contribution in [1.29, 1.82) is 0 Å². The monoisotopic (exact) mass is 439 g/mol. The highest BCUT2D eigenvalue weighted by molar-refractivity contribution is 7.17. The fourth-order valence-electron chi connectivity index (χ4n) is 5.72. The molecule has 1 heterocycles. The van der Waals surface area contributed by atoms with Crippen LogP contribution in [0.1, 0.15) is 68.3 Å². The molecule has 0 aliphatic heterocycles. The molecule has 2 bridgehead atoms. The Morgan fingerprint density at radius 2 is 2.06 bits per heavy atom. The minimum atomic E-state index is -0.735. The molecule has 0 spiro atoms. The van der Waals surface area contributed by atoms with Crippen LogP contribution in [0.5, 0.6) is 0 Å². The molecule has 31 heavy (non-hydrogen) atoms. The summed E-state index contributed by atoms with van der Waals surface area (Å²) in [6.45, 7) is 6.80. The lowest BCUT2D eigenvalue weighted by Crippen LogP contribution is -2.63. The van der Waals surface area contributed by atoms with Crippen molar-refractivity contribution < 1.29 is 14.7 Å². The summed E-state index contributed by atoms with van der Waals surface area (Å²) in [5, 5.41) is 15.5. The molecule has 166 valence electrons. The van der Waals surface area contributed by atoms with E-state index in [0.29, 0.717) is 18.3 Å². The van der Waals surface area contributed by atoms with Crippen LogP contribution in [-0.2, 0) is 4.79 Å². The predicted molar refractivity (Wildman–Crippen MR) is 127 cm³/mol. The predicted octanol–water partition coefficient (Wildman–Crippen LogP) is 6.19. The number of hydrogen-bond acceptors (Lipinski definition) is 3. The van der Waals surface area contributed by atoms with Crippen LogP contribution in [0.25, 0.3) is 10.1 Å².